The predicted octanol–water partition coefficient (Wildman–Crippen LogP) is -2.86. The number of carbonyl (C=O) groups is 2. The largest absolute Gasteiger partial charge is 0.432 e. The minimum atomic E-state index is -1.92. The third kappa shape index (κ3) is 9.58. The molecule has 30 atom stereocenters. The maximum Gasteiger partial charge on any atom is 0.315 e. The van der Waals surface area contributed by atoms with Crippen LogP contribution in [0.4, 0.5) is 0 Å². The molecule has 0 bridgehead atoms. The highest BCUT2D eigenvalue weighted by atomic mass is 16.8. The van der Waals surface area contributed by atoms with E-state index in [9.17, 15) is 76.3 Å². The van der Waals surface area contributed by atoms with Crippen molar-refractivity contribution in [2.24, 2.45) is 50.2 Å². The van der Waals surface area contributed by atoms with Gasteiger partial charge in [0, 0.05) is 0 Å². The number of fused-ring (bicyclic) bond motifs is 7. The first-order chi connectivity index (χ1) is 36.5. The second-order valence-corrected chi connectivity index (χ2v) is 26.1. The zero-order chi connectivity index (χ0) is 57.1. The summed E-state index contributed by atoms with van der Waals surface area (Å²) in [5.74, 6) is -1.55. The van der Waals surface area contributed by atoms with Crippen molar-refractivity contribution in [3.05, 3.63) is 11.6 Å². The lowest BCUT2D eigenvalue weighted by Gasteiger charge is -2.71. The quantitative estimate of drug-likeness (QED) is 0.0405. The van der Waals surface area contributed by atoms with E-state index in [1.54, 1.807) is 6.92 Å². The van der Waals surface area contributed by atoms with Gasteiger partial charge in [0.2, 0.25) is 6.29 Å². The van der Waals surface area contributed by atoms with E-state index >= 15 is 4.79 Å². The zero-order valence-electron chi connectivity index (χ0n) is 45.4. The Kier molecular flexibility index (Phi) is 17.0. The summed E-state index contributed by atoms with van der Waals surface area (Å²) in [7, 11) is 0. The first kappa shape index (κ1) is 60.6. The summed E-state index contributed by atoms with van der Waals surface area (Å²) in [6.45, 7) is 11.7. The molecule has 5 aliphatic carbocycles. The third-order valence-electron chi connectivity index (χ3n) is 21.3. The monoisotopic (exact) mass is 1120 g/mol. The van der Waals surface area contributed by atoms with Crippen LogP contribution in [0.2, 0.25) is 0 Å². The molecule has 4 aliphatic heterocycles. The number of aliphatic hydroxyl groups excluding tert-OH is 14. The van der Waals surface area contributed by atoms with Gasteiger partial charge in [-0.1, -0.05) is 53.2 Å². The van der Waals surface area contributed by atoms with Crippen molar-refractivity contribution in [2.75, 3.05) is 19.8 Å². The molecular weight excluding hydrogens is 1030 g/mol. The van der Waals surface area contributed by atoms with Gasteiger partial charge in [-0.25, -0.2) is 0 Å². The lowest BCUT2D eigenvalue weighted by Crippen LogP contribution is -2.70. The molecule has 446 valence electrons. The molecule has 0 amide bonds. The molecule has 0 aromatic rings. The molecule has 14 N–H and O–H groups in total. The van der Waals surface area contributed by atoms with E-state index in [2.05, 4.69) is 40.7 Å². The standard InChI is InChI=1S/C54H86O24/c1-22-31(60)35(64)39(68)44(71-22)75-42-38(67)34(63)28(20-57)74-47(42)78-48(70)54-14-12-49(2,3)16-24(54)23-8-9-30-50(4)17-25(59)43(51(5,21-58)29(50)10-11-53(30,7)52(23,6)13-15-54)77-46-41(37(66)33(62)27(19-56)73-46)76-45-40(69)36(65)32(61)26(18-55)72-45/h8,21-22,24-47,55-57,59-69H,9-20H2,1-7H3. The Labute approximate surface area is 453 Å². The fraction of sp³-hybridized carbons (Fsp3) is 0.926. The highest BCUT2D eigenvalue weighted by Crippen LogP contribution is 2.76. The number of rotatable bonds is 12. The Morgan fingerprint density at radius 3 is 1.68 bits per heavy atom. The summed E-state index contributed by atoms with van der Waals surface area (Å²) >= 11 is 0. The lowest BCUT2D eigenvalue weighted by molar-refractivity contribution is -0.381. The number of allylic oxidation sites excluding steroid dienone is 2. The number of hydrogen-bond acceptors (Lipinski definition) is 24. The van der Waals surface area contributed by atoms with Crippen LogP contribution < -0.4 is 0 Å². The SMILES string of the molecule is CC1OC(OC2C(OC(=O)C34CCC(C)(C)CC3C3=CCC5C6(C)CC(O)C(OC7OC(CO)C(O)C(O)C7OC7OC(CO)C(O)C(O)C7O)C(C)(C=O)C6CCC5(C)C3(C)CC4)OC(CO)C(O)C2O)C(O)C(O)C1O. The van der Waals surface area contributed by atoms with Gasteiger partial charge < -0.3 is 114 Å². The predicted molar refractivity (Wildman–Crippen MR) is 263 cm³/mol. The van der Waals surface area contributed by atoms with Crippen molar-refractivity contribution < 1.29 is 119 Å². The van der Waals surface area contributed by atoms with Gasteiger partial charge in [0.05, 0.1) is 49.0 Å². The first-order valence-corrected chi connectivity index (χ1v) is 27.8. The first-order valence-electron chi connectivity index (χ1n) is 27.8. The maximum absolute atomic E-state index is 15.3. The van der Waals surface area contributed by atoms with Crippen molar-refractivity contribution in [3.8, 4) is 0 Å². The smallest absolute Gasteiger partial charge is 0.315 e. The molecule has 9 rings (SSSR count). The van der Waals surface area contributed by atoms with Crippen molar-refractivity contribution >= 4 is 12.3 Å². The van der Waals surface area contributed by atoms with Gasteiger partial charge in [-0.3, -0.25) is 4.79 Å². The number of ether oxygens (including phenoxy) is 8. The van der Waals surface area contributed by atoms with Crippen LogP contribution in [0.5, 0.6) is 0 Å². The molecule has 0 spiro atoms. The Morgan fingerprint density at radius 2 is 1.10 bits per heavy atom. The number of carbonyl (C=O) groups excluding carboxylic acids is 2. The maximum atomic E-state index is 15.3. The molecule has 0 aromatic carbocycles. The van der Waals surface area contributed by atoms with Crippen LogP contribution in [0.15, 0.2) is 11.6 Å². The van der Waals surface area contributed by atoms with Crippen LogP contribution in [0.25, 0.3) is 0 Å². The van der Waals surface area contributed by atoms with Crippen LogP contribution in [-0.2, 0) is 47.5 Å². The van der Waals surface area contributed by atoms with E-state index in [4.69, 9.17) is 37.9 Å². The van der Waals surface area contributed by atoms with Crippen LogP contribution in [0.1, 0.15) is 106 Å². The molecule has 4 saturated carbocycles. The highest BCUT2D eigenvalue weighted by molar-refractivity contribution is 5.79. The van der Waals surface area contributed by atoms with E-state index in [1.807, 2.05) is 0 Å². The summed E-state index contributed by atoms with van der Waals surface area (Å²) in [5.41, 5.74) is -3.41. The van der Waals surface area contributed by atoms with E-state index in [0.717, 1.165) is 11.9 Å². The lowest BCUT2D eigenvalue weighted by atomic mass is 9.33. The molecule has 30 unspecified atom stereocenters. The molecule has 24 nitrogen and oxygen atoms in total. The molecular formula is C54H86O24. The summed E-state index contributed by atoms with van der Waals surface area (Å²) in [6.07, 6.45) is -28.6. The van der Waals surface area contributed by atoms with Crippen molar-refractivity contribution in [3.63, 3.8) is 0 Å². The normalized spacial score (nSPS) is 55.0. The third-order valence-corrected chi connectivity index (χ3v) is 21.3. The molecule has 4 heterocycles. The minimum absolute atomic E-state index is 0.135. The van der Waals surface area contributed by atoms with Gasteiger partial charge in [0.25, 0.3) is 0 Å². The molecule has 8 fully saturated rings. The van der Waals surface area contributed by atoms with E-state index in [-0.39, 0.29) is 23.7 Å². The fourth-order valence-corrected chi connectivity index (χ4v) is 16.4. The van der Waals surface area contributed by atoms with Crippen molar-refractivity contribution in [2.45, 2.75) is 241 Å². The Bertz CT molecular complexity index is 2190. The number of aldehydes is 1. The highest BCUT2D eigenvalue weighted by Gasteiger charge is 2.72. The number of esters is 1. The topological polar surface area (TPSA) is 391 Å². The average Bonchev–Trinajstić information content (AvgIpc) is 2.29. The number of hydrogen-bond donors (Lipinski definition) is 14. The Morgan fingerprint density at radius 1 is 0.590 bits per heavy atom. The van der Waals surface area contributed by atoms with Gasteiger partial charge in [0.1, 0.15) is 91.7 Å². The zero-order valence-corrected chi connectivity index (χ0v) is 45.4. The van der Waals surface area contributed by atoms with E-state index in [1.165, 1.54) is 6.92 Å². The van der Waals surface area contributed by atoms with Crippen LogP contribution in [-0.4, -0.2) is 239 Å². The van der Waals surface area contributed by atoms with Crippen molar-refractivity contribution in [1.29, 1.82) is 0 Å². The molecule has 0 radical (unpaired) electrons. The van der Waals surface area contributed by atoms with E-state index in [0.29, 0.717) is 51.4 Å². The second kappa shape index (κ2) is 21.9. The van der Waals surface area contributed by atoms with Crippen molar-refractivity contribution in [1.82, 2.24) is 0 Å². The van der Waals surface area contributed by atoms with Crippen LogP contribution in [0, 0.1) is 50.2 Å². The van der Waals surface area contributed by atoms with Gasteiger partial charge in [-0.05, 0) is 104 Å². The fourth-order valence-electron chi connectivity index (χ4n) is 16.4. The van der Waals surface area contributed by atoms with Gasteiger partial charge in [-0.15, -0.1) is 0 Å². The average molecular weight is 1120 g/mol. The molecule has 24 heteroatoms. The summed E-state index contributed by atoms with van der Waals surface area (Å²) in [6, 6.07) is 0. The van der Waals surface area contributed by atoms with Crippen LogP contribution in [0.3, 0.4) is 0 Å². The molecule has 9 aliphatic rings. The molecule has 4 saturated heterocycles. The summed E-state index contributed by atoms with van der Waals surface area (Å²) < 4.78 is 47.9. The van der Waals surface area contributed by atoms with E-state index < -0.39 is 194 Å². The summed E-state index contributed by atoms with van der Waals surface area (Å²) in [4.78, 5) is 29.2. The molecule has 78 heavy (non-hydrogen) atoms. The van der Waals surface area contributed by atoms with Gasteiger partial charge >= 0.3 is 5.97 Å². The number of aliphatic hydroxyl groups is 14. The van der Waals surface area contributed by atoms with Crippen LogP contribution >= 0.6 is 0 Å². The van der Waals surface area contributed by atoms with Gasteiger partial charge in [0.15, 0.2) is 25.0 Å². The molecule has 0 aromatic heterocycles. The Balaban J connectivity index is 0.992. The second-order valence-electron chi connectivity index (χ2n) is 26.1. The Hall–Kier alpha value is -1.96. The minimum Gasteiger partial charge on any atom is -0.432 e. The summed E-state index contributed by atoms with van der Waals surface area (Å²) in [5, 5.41) is 151. The van der Waals surface area contributed by atoms with Gasteiger partial charge in [-0.2, -0.15) is 0 Å².